The summed E-state index contributed by atoms with van der Waals surface area (Å²) in [6.45, 7) is 2.75. The highest BCUT2D eigenvalue weighted by molar-refractivity contribution is 6.30. The molecule has 0 aromatic heterocycles. The van der Waals surface area contributed by atoms with Gasteiger partial charge in [-0.15, -0.1) is 0 Å². The summed E-state index contributed by atoms with van der Waals surface area (Å²) in [5.74, 6) is 1.01. The van der Waals surface area contributed by atoms with E-state index >= 15 is 0 Å². The van der Waals surface area contributed by atoms with E-state index < -0.39 is 0 Å². The number of hydrogen-bond acceptors (Lipinski definition) is 2. The number of hydrogen-bond donors (Lipinski definition) is 1. The zero-order valence-electron chi connectivity index (χ0n) is 8.24. The smallest absolute Gasteiger partial charge is 0.119 e. The van der Waals surface area contributed by atoms with E-state index in [2.05, 4.69) is 0 Å². The van der Waals surface area contributed by atoms with Crippen LogP contribution in [0.5, 0.6) is 5.75 Å². The molecule has 0 radical (unpaired) electrons. The highest BCUT2D eigenvalue weighted by atomic mass is 35.5. The second kappa shape index (κ2) is 5.89. The molecule has 0 aliphatic heterocycles. The molecule has 0 spiro atoms. The maximum atomic E-state index is 8.95. The van der Waals surface area contributed by atoms with Gasteiger partial charge < -0.3 is 9.84 Å². The fourth-order valence-electron chi connectivity index (χ4n) is 1.04. The third-order valence-corrected chi connectivity index (χ3v) is 2.39. The van der Waals surface area contributed by atoms with Crippen molar-refractivity contribution in [2.24, 2.45) is 5.92 Å². The van der Waals surface area contributed by atoms with Gasteiger partial charge in [0.15, 0.2) is 0 Å². The summed E-state index contributed by atoms with van der Waals surface area (Å²) in [7, 11) is 0. The summed E-state index contributed by atoms with van der Waals surface area (Å²) in [5, 5.41) is 9.65. The molecule has 3 heteroatoms. The summed E-state index contributed by atoms with van der Waals surface area (Å²) in [6.07, 6.45) is 0.921. The Morgan fingerprint density at radius 2 is 2.00 bits per heavy atom. The van der Waals surface area contributed by atoms with E-state index in [1.54, 1.807) is 12.1 Å². The van der Waals surface area contributed by atoms with Gasteiger partial charge in [-0.1, -0.05) is 18.5 Å². The molecule has 0 heterocycles. The quantitative estimate of drug-likeness (QED) is 0.817. The van der Waals surface area contributed by atoms with E-state index in [-0.39, 0.29) is 12.5 Å². The lowest BCUT2D eigenvalue weighted by atomic mass is 10.1. The molecule has 78 valence electrons. The molecule has 0 saturated heterocycles. The van der Waals surface area contributed by atoms with Crippen LogP contribution in [-0.4, -0.2) is 18.3 Å². The molecule has 0 aliphatic carbocycles. The Morgan fingerprint density at radius 3 is 2.50 bits per heavy atom. The average Bonchev–Trinajstić information content (AvgIpc) is 2.22. The van der Waals surface area contributed by atoms with E-state index in [0.717, 1.165) is 12.2 Å². The molecule has 1 unspecified atom stereocenters. The van der Waals surface area contributed by atoms with Crippen LogP contribution in [0.3, 0.4) is 0 Å². The SMILES string of the molecule is CCC(CO)COc1ccc(Cl)cc1. The molecule has 2 nitrogen and oxygen atoms in total. The molecule has 1 rings (SSSR count). The first-order valence-electron chi connectivity index (χ1n) is 4.75. The van der Waals surface area contributed by atoms with Crippen molar-refractivity contribution in [3.05, 3.63) is 29.3 Å². The van der Waals surface area contributed by atoms with Gasteiger partial charge in [-0.25, -0.2) is 0 Å². The predicted molar refractivity (Wildman–Crippen MR) is 57.8 cm³/mol. The number of ether oxygens (including phenoxy) is 1. The summed E-state index contributed by atoms with van der Waals surface area (Å²) in [6, 6.07) is 7.23. The van der Waals surface area contributed by atoms with Crippen LogP contribution >= 0.6 is 11.6 Å². The fourth-order valence-corrected chi connectivity index (χ4v) is 1.17. The van der Waals surface area contributed by atoms with Crippen molar-refractivity contribution >= 4 is 11.6 Å². The first kappa shape index (κ1) is 11.3. The molecule has 1 atom stereocenters. The standard InChI is InChI=1S/C11H15ClO2/c1-2-9(7-13)8-14-11-5-3-10(12)4-6-11/h3-6,9,13H,2,7-8H2,1H3. The second-order valence-electron chi connectivity index (χ2n) is 3.22. The highest BCUT2D eigenvalue weighted by Gasteiger charge is 2.04. The minimum atomic E-state index is 0.171. The van der Waals surface area contributed by atoms with Crippen LogP contribution in [0.1, 0.15) is 13.3 Å². The third kappa shape index (κ3) is 3.56. The van der Waals surface area contributed by atoms with Crippen LogP contribution in [0.2, 0.25) is 5.02 Å². The number of rotatable bonds is 5. The zero-order valence-corrected chi connectivity index (χ0v) is 9.00. The van der Waals surface area contributed by atoms with E-state index in [1.165, 1.54) is 0 Å². The van der Waals surface area contributed by atoms with Crippen LogP contribution in [0.25, 0.3) is 0 Å². The minimum absolute atomic E-state index is 0.171. The number of benzene rings is 1. The van der Waals surface area contributed by atoms with Gasteiger partial charge >= 0.3 is 0 Å². The zero-order chi connectivity index (χ0) is 10.4. The molecule has 1 aromatic rings. The Morgan fingerprint density at radius 1 is 1.36 bits per heavy atom. The molecule has 0 saturated carbocycles. The van der Waals surface area contributed by atoms with Gasteiger partial charge in [-0.05, 0) is 30.7 Å². The van der Waals surface area contributed by atoms with Crippen molar-refractivity contribution in [2.75, 3.05) is 13.2 Å². The van der Waals surface area contributed by atoms with Gasteiger partial charge in [0.25, 0.3) is 0 Å². The molecular weight excluding hydrogens is 200 g/mol. The lowest BCUT2D eigenvalue weighted by molar-refractivity contribution is 0.160. The van der Waals surface area contributed by atoms with Crippen LogP contribution in [-0.2, 0) is 0 Å². The Balaban J connectivity index is 2.41. The van der Waals surface area contributed by atoms with Crippen molar-refractivity contribution < 1.29 is 9.84 Å². The minimum Gasteiger partial charge on any atom is -0.493 e. The summed E-state index contributed by atoms with van der Waals surface area (Å²) < 4.78 is 5.49. The first-order valence-corrected chi connectivity index (χ1v) is 5.13. The Kier molecular flexibility index (Phi) is 4.77. The van der Waals surface area contributed by atoms with Crippen molar-refractivity contribution in [3.8, 4) is 5.75 Å². The molecule has 1 aromatic carbocycles. The van der Waals surface area contributed by atoms with E-state index in [9.17, 15) is 0 Å². The first-order chi connectivity index (χ1) is 6.76. The number of halogens is 1. The molecule has 0 fully saturated rings. The van der Waals surface area contributed by atoms with Gasteiger partial charge in [0.1, 0.15) is 5.75 Å². The number of aliphatic hydroxyl groups excluding tert-OH is 1. The summed E-state index contributed by atoms with van der Waals surface area (Å²) in [5.41, 5.74) is 0. The van der Waals surface area contributed by atoms with Gasteiger partial charge in [-0.3, -0.25) is 0 Å². The van der Waals surface area contributed by atoms with Gasteiger partial charge in [0.2, 0.25) is 0 Å². The van der Waals surface area contributed by atoms with E-state index in [1.807, 2.05) is 19.1 Å². The maximum Gasteiger partial charge on any atom is 0.119 e. The summed E-state index contributed by atoms with van der Waals surface area (Å²) >= 11 is 5.73. The Hall–Kier alpha value is -0.730. The fraction of sp³-hybridized carbons (Fsp3) is 0.455. The molecule has 0 bridgehead atoms. The van der Waals surface area contributed by atoms with Gasteiger partial charge in [0, 0.05) is 17.5 Å². The Bertz CT molecular complexity index is 254. The van der Waals surface area contributed by atoms with Crippen LogP contribution in [0.4, 0.5) is 0 Å². The van der Waals surface area contributed by atoms with Crippen molar-refractivity contribution in [1.29, 1.82) is 0 Å². The molecule has 0 amide bonds. The van der Waals surface area contributed by atoms with Gasteiger partial charge in [0.05, 0.1) is 6.61 Å². The molecule has 0 aliphatic rings. The van der Waals surface area contributed by atoms with Gasteiger partial charge in [-0.2, -0.15) is 0 Å². The van der Waals surface area contributed by atoms with Crippen molar-refractivity contribution in [2.45, 2.75) is 13.3 Å². The Labute approximate surface area is 89.5 Å². The largest absolute Gasteiger partial charge is 0.493 e. The third-order valence-electron chi connectivity index (χ3n) is 2.13. The topological polar surface area (TPSA) is 29.5 Å². The average molecular weight is 215 g/mol. The normalized spacial score (nSPS) is 12.5. The molecule has 1 N–H and O–H groups in total. The summed E-state index contributed by atoms with van der Waals surface area (Å²) in [4.78, 5) is 0. The lowest BCUT2D eigenvalue weighted by Gasteiger charge is -2.12. The van der Waals surface area contributed by atoms with Crippen LogP contribution in [0.15, 0.2) is 24.3 Å². The van der Waals surface area contributed by atoms with E-state index in [0.29, 0.717) is 11.6 Å². The molecular formula is C11H15ClO2. The van der Waals surface area contributed by atoms with Crippen LogP contribution < -0.4 is 4.74 Å². The maximum absolute atomic E-state index is 8.95. The number of aliphatic hydroxyl groups is 1. The predicted octanol–water partition coefficient (Wildman–Crippen LogP) is 2.74. The molecule has 14 heavy (non-hydrogen) atoms. The van der Waals surface area contributed by atoms with Crippen molar-refractivity contribution in [3.63, 3.8) is 0 Å². The van der Waals surface area contributed by atoms with E-state index in [4.69, 9.17) is 21.4 Å². The monoisotopic (exact) mass is 214 g/mol. The van der Waals surface area contributed by atoms with Crippen molar-refractivity contribution in [1.82, 2.24) is 0 Å². The lowest BCUT2D eigenvalue weighted by Crippen LogP contribution is -2.14. The second-order valence-corrected chi connectivity index (χ2v) is 3.66. The highest BCUT2D eigenvalue weighted by Crippen LogP contribution is 2.16. The van der Waals surface area contributed by atoms with Crippen LogP contribution in [0, 0.1) is 5.92 Å².